The topological polar surface area (TPSA) is 83.6 Å². The maximum Gasteiger partial charge on any atom is 0.311 e. The molecule has 2 heterocycles. The second-order valence-corrected chi connectivity index (χ2v) is 6.69. The summed E-state index contributed by atoms with van der Waals surface area (Å²) in [5.41, 5.74) is 0.398. The average molecular weight is 349 g/mol. The molecule has 0 spiro atoms. The Morgan fingerprint density at radius 2 is 2.08 bits per heavy atom. The van der Waals surface area contributed by atoms with Gasteiger partial charge in [-0.15, -0.1) is 0 Å². The highest BCUT2D eigenvalue weighted by Gasteiger charge is 2.43. The molecule has 0 radical (unpaired) electrons. The predicted molar refractivity (Wildman–Crippen MR) is 87.9 cm³/mol. The van der Waals surface area contributed by atoms with Gasteiger partial charge in [0.25, 0.3) is 5.91 Å². The van der Waals surface area contributed by atoms with Crippen molar-refractivity contribution in [1.82, 2.24) is 10.1 Å². The van der Waals surface area contributed by atoms with Crippen molar-refractivity contribution in [3.63, 3.8) is 0 Å². The van der Waals surface area contributed by atoms with E-state index < -0.39 is 11.4 Å². The number of aryl methyl sites for hydroxylation is 1. The summed E-state index contributed by atoms with van der Waals surface area (Å²) < 4.78 is 5.21. The average Bonchev–Trinajstić information content (AvgIpc) is 3.12. The zero-order valence-corrected chi connectivity index (χ0v) is 14.1. The fraction of sp³-hybridized carbons (Fsp3) is 0.353. The number of aliphatic carboxylic acids is 1. The van der Waals surface area contributed by atoms with Gasteiger partial charge < -0.3 is 14.5 Å². The van der Waals surface area contributed by atoms with Crippen LogP contribution < -0.4 is 0 Å². The van der Waals surface area contributed by atoms with Gasteiger partial charge in [0.1, 0.15) is 17.0 Å². The Bertz CT molecular complexity index is 817. The van der Waals surface area contributed by atoms with Crippen LogP contribution in [-0.2, 0) is 4.79 Å². The third kappa shape index (κ3) is 2.67. The minimum atomic E-state index is -0.925. The quantitative estimate of drug-likeness (QED) is 0.920. The van der Waals surface area contributed by atoms with Gasteiger partial charge in [0.15, 0.2) is 0 Å². The molecule has 1 amide bonds. The van der Waals surface area contributed by atoms with Crippen LogP contribution >= 0.6 is 11.6 Å². The molecule has 1 fully saturated rings. The summed E-state index contributed by atoms with van der Waals surface area (Å²) in [7, 11) is 0. The second kappa shape index (κ2) is 5.94. The first-order chi connectivity index (χ1) is 11.3. The zero-order valence-electron chi connectivity index (χ0n) is 13.4. The number of nitrogens with zero attached hydrogens (tertiary/aromatic N) is 2. The molecule has 6 nitrogen and oxygen atoms in total. The Morgan fingerprint density at radius 1 is 1.38 bits per heavy atom. The van der Waals surface area contributed by atoms with E-state index in [0.717, 1.165) is 0 Å². The lowest BCUT2D eigenvalue weighted by Crippen LogP contribution is -2.35. The van der Waals surface area contributed by atoms with Crippen LogP contribution in [0, 0.1) is 12.3 Å². The molecule has 1 aliphatic rings. The summed E-state index contributed by atoms with van der Waals surface area (Å²) in [5.74, 6) is -0.793. The summed E-state index contributed by atoms with van der Waals surface area (Å²) >= 11 is 6.21. The first-order valence-corrected chi connectivity index (χ1v) is 7.95. The van der Waals surface area contributed by atoms with Gasteiger partial charge in [-0.25, -0.2) is 0 Å². The lowest BCUT2D eigenvalue weighted by Gasteiger charge is -2.20. The van der Waals surface area contributed by atoms with E-state index in [1.165, 1.54) is 4.90 Å². The molecule has 3 rings (SSSR count). The molecule has 1 unspecified atom stereocenters. The van der Waals surface area contributed by atoms with E-state index in [0.29, 0.717) is 40.6 Å². The van der Waals surface area contributed by atoms with Crippen LogP contribution in [0.5, 0.6) is 0 Å². The Labute approximate surface area is 144 Å². The van der Waals surface area contributed by atoms with E-state index in [2.05, 4.69) is 5.16 Å². The molecular formula is C17H17ClN2O4. The molecule has 0 bridgehead atoms. The molecule has 1 aromatic carbocycles. The molecule has 1 saturated heterocycles. The number of aromatic nitrogens is 1. The van der Waals surface area contributed by atoms with Crippen molar-refractivity contribution in [3.8, 4) is 11.3 Å². The Balaban J connectivity index is 1.97. The molecule has 7 heteroatoms. The van der Waals surface area contributed by atoms with Gasteiger partial charge in [0.2, 0.25) is 0 Å². The van der Waals surface area contributed by atoms with E-state index in [-0.39, 0.29) is 12.5 Å². The SMILES string of the molecule is Cc1onc(-c2ccccc2Cl)c1C(=O)N1CCC(C)(C(=O)O)C1. The molecule has 1 aromatic heterocycles. The number of halogens is 1. The van der Waals surface area contributed by atoms with Gasteiger partial charge in [-0.1, -0.05) is 35.0 Å². The monoisotopic (exact) mass is 348 g/mol. The maximum absolute atomic E-state index is 12.9. The van der Waals surface area contributed by atoms with Gasteiger partial charge >= 0.3 is 5.97 Å². The fourth-order valence-corrected chi connectivity index (χ4v) is 3.15. The third-order valence-electron chi connectivity index (χ3n) is 4.48. The van der Waals surface area contributed by atoms with Gasteiger partial charge in [0.05, 0.1) is 10.4 Å². The van der Waals surface area contributed by atoms with Crippen LogP contribution in [0.3, 0.4) is 0 Å². The van der Waals surface area contributed by atoms with Crippen molar-refractivity contribution in [2.75, 3.05) is 13.1 Å². The Hall–Kier alpha value is -2.34. The highest BCUT2D eigenvalue weighted by molar-refractivity contribution is 6.33. The molecule has 2 aromatic rings. The van der Waals surface area contributed by atoms with Gasteiger partial charge in [0, 0.05) is 18.7 Å². The highest BCUT2D eigenvalue weighted by atomic mass is 35.5. The van der Waals surface area contributed by atoms with E-state index in [4.69, 9.17) is 16.1 Å². The van der Waals surface area contributed by atoms with E-state index in [1.54, 1.807) is 38.1 Å². The second-order valence-electron chi connectivity index (χ2n) is 6.28. The molecule has 1 aliphatic heterocycles. The number of hydrogen-bond donors (Lipinski definition) is 1. The molecule has 126 valence electrons. The maximum atomic E-state index is 12.9. The summed E-state index contributed by atoms with van der Waals surface area (Å²) in [5, 5.41) is 13.8. The van der Waals surface area contributed by atoms with Crippen LogP contribution in [0.1, 0.15) is 29.5 Å². The molecule has 0 aliphatic carbocycles. The normalized spacial score (nSPS) is 20.4. The lowest BCUT2D eigenvalue weighted by molar-refractivity contribution is -0.147. The first-order valence-electron chi connectivity index (χ1n) is 7.57. The van der Waals surface area contributed by atoms with Crippen LogP contribution in [0.4, 0.5) is 0 Å². The van der Waals surface area contributed by atoms with Crippen molar-refractivity contribution in [2.24, 2.45) is 5.41 Å². The van der Waals surface area contributed by atoms with Crippen molar-refractivity contribution < 1.29 is 19.2 Å². The van der Waals surface area contributed by atoms with Crippen LogP contribution in [-0.4, -0.2) is 40.1 Å². The zero-order chi connectivity index (χ0) is 17.5. The number of carboxylic acid groups (broad SMARTS) is 1. The summed E-state index contributed by atoms with van der Waals surface area (Å²) in [4.78, 5) is 25.9. The van der Waals surface area contributed by atoms with Crippen molar-refractivity contribution >= 4 is 23.5 Å². The number of carbonyl (C=O) groups is 2. The summed E-state index contributed by atoms with van der Waals surface area (Å²) in [6.45, 7) is 3.85. The third-order valence-corrected chi connectivity index (χ3v) is 4.81. The summed E-state index contributed by atoms with van der Waals surface area (Å²) in [6.07, 6.45) is 0.416. The summed E-state index contributed by atoms with van der Waals surface area (Å²) in [6, 6.07) is 7.07. The van der Waals surface area contributed by atoms with Gasteiger partial charge in [-0.3, -0.25) is 9.59 Å². The molecule has 24 heavy (non-hydrogen) atoms. The van der Waals surface area contributed by atoms with Crippen molar-refractivity contribution in [1.29, 1.82) is 0 Å². The number of hydrogen-bond acceptors (Lipinski definition) is 4. The number of rotatable bonds is 3. The van der Waals surface area contributed by atoms with Gasteiger partial charge in [-0.05, 0) is 26.3 Å². The molecule has 1 atom stereocenters. The van der Waals surface area contributed by atoms with E-state index >= 15 is 0 Å². The van der Waals surface area contributed by atoms with Crippen molar-refractivity contribution in [3.05, 3.63) is 40.6 Å². The highest BCUT2D eigenvalue weighted by Crippen LogP contribution is 2.35. The number of amides is 1. The van der Waals surface area contributed by atoms with Crippen molar-refractivity contribution in [2.45, 2.75) is 20.3 Å². The molecule has 1 N–H and O–H groups in total. The minimum Gasteiger partial charge on any atom is -0.481 e. The largest absolute Gasteiger partial charge is 0.481 e. The first kappa shape index (κ1) is 16.5. The Morgan fingerprint density at radius 3 is 2.71 bits per heavy atom. The molecular weight excluding hydrogens is 332 g/mol. The van der Waals surface area contributed by atoms with Crippen LogP contribution in [0.2, 0.25) is 5.02 Å². The Kier molecular flexibility index (Phi) is 4.09. The van der Waals surface area contributed by atoms with Crippen LogP contribution in [0.25, 0.3) is 11.3 Å². The van der Waals surface area contributed by atoms with E-state index in [9.17, 15) is 14.7 Å². The minimum absolute atomic E-state index is 0.160. The number of benzene rings is 1. The van der Waals surface area contributed by atoms with Gasteiger partial charge in [-0.2, -0.15) is 0 Å². The number of likely N-dealkylation sites (tertiary alicyclic amines) is 1. The number of carbonyl (C=O) groups excluding carboxylic acids is 1. The standard InChI is InChI=1S/C17H17ClN2O4/c1-10-13(14(19-24-10)11-5-3-4-6-12(11)18)15(21)20-8-7-17(2,9-20)16(22)23/h3-6H,7-9H2,1-2H3,(H,22,23). The number of carboxylic acids is 1. The van der Waals surface area contributed by atoms with Crippen LogP contribution in [0.15, 0.2) is 28.8 Å². The van der Waals surface area contributed by atoms with E-state index in [1.807, 2.05) is 0 Å². The lowest BCUT2D eigenvalue weighted by atomic mass is 9.90. The molecule has 0 saturated carbocycles. The smallest absolute Gasteiger partial charge is 0.311 e. The predicted octanol–water partition coefficient (Wildman–Crippen LogP) is 3.24. The fourth-order valence-electron chi connectivity index (χ4n) is 2.93.